The molecule has 0 aromatic heterocycles. The number of benzene rings is 3. The van der Waals surface area contributed by atoms with Crippen LogP contribution >= 0.6 is 0 Å². The second-order valence-electron chi connectivity index (χ2n) is 9.12. The average Bonchev–Trinajstić information content (AvgIpc) is 3.36. The van der Waals surface area contributed by atoms with E-state index in [-0.39, 0.29) is 17.4 Å². The number of nitrogens with one attached hydrogen (secondary N) is 1. The predicted molar refractivity (Wildman–Crippen MR) is 143 cm³/mol. The SMILES string of the molecule is C=C(C)C(=O)NCCc1ccc(O)c(N2CC(c3cc(C)cc(N=Nc4ccccc4C)c3O)N=N2)c1. The fourth-order valence-electron chi connectivity index (χ4n) is 3.97. The van der Waals surface area contributed by atoms with Crippen molar-refractivity contribution >= 4 is 23.0 Å². The zero-order chi connectivity index (χ0) is 26.5. The molecule has 1 aliphatic heterocycles. The Morgan fingerprint density at radius 1 is 1.11 bits per heavy atom. The molecule has 3 aromatic carbocycles. The lowest BCUT2D eigenvalue weighted by Gasteiger charge is -2.17. The Hall–Kier alpha value is -4.53. The summed E-state index contributed by atoms with van der Waals surface area (Å²) in [6.07, 6.45) is 0.578. The zero-order valence-electron chi connectivity index (χ0n) is 21.1. The normalized spacial score (nSPS) is 14.9. The van der Waals surface area contributed by atoms with Gasteiger partial charge in [0, 0.05) is 17.7 Å². The van der Waals surface area contributed by atoms with E-state index in [0.717, 1.165) is 22.4 Å². The number of rotatable bonds is 8. The molecular weight excluding hydrogens is 468 g/mol. The van der Waals surface area contributed by atoms with Crippen LogP contribution in [0.4, 0.5) is 17.1 Å². The van der Waals surface area contributed by atoms with Gasteiger partial charge in [-0.1, -0.05) is 36.1 Å². The van der Waals surface area contributed by atoms with Gasteiger partial charge in [-0.05, 0) is 74.2 Å². The van der Waals surface area contributed by atoms with Gasteiger partial charge in [0.25, 0.3) is 0 Å². The third-order valence-corrected chi connectivity index (χ3v) is 6.05. The maximum Gasteiger partial charge on any atom is 0.246 e. The molecule has 190 valence electrons. The van der Waals surface area contributed by atoms with E-state index >= 15 is 0 Å². The molecule has 0 aliphatic carbocycles. The Balaban J connectivity index is 1.50. The third kappa shape index (κ3) is 6.00. The molecule has 0 radical (unpaired) electrons. The maximum atomic E-state index is 11.7. The average molecular weight is 499 g/mol. The number of phenolic OH excluding ortho intramolecular Hbond substituents is 2. The summed E-state index contributed by atoms with van der Waals surface area (Å²) in [5.41, 5.74) is 5.44. The summed E-state index contributed by atoms with van der Waals surface area (Å²) >= 11 is 0. The fourth-order valence-corrected chi connectivity index (χ4v) is 3.97. The minimum Gasteiger partial charge on any atom is -0.506 e. The molecule has 1 atom stereocenters. The van der Waals surface area contributed by atoms with Crippen LogP contribution in [0.25, 0.3) is 0 Å². The molecule has 4 rings (SSSR count). The summed E-state index contributed by atoms with van der Waals surface area (Å²) < 4.78 is 0. The van der Waals surface area contributed by atoms with E-state index in [1.54, 1.807) is 30.1 Å². The largest absolute Gasteiger partial charge is 0.506 e. The van der Waals surface area contributed by atoms with Crippen molar-refractivity contribution in [2.75, 3.05) is 18.1 Å². The van der Waals surface area contributed by atoms with Crippen molar-refractivity contribution in [2.24, 2.45) is 20.6 Å². The first-order valence-electron chi connectivity index (χ1n) is 12.0. The number of amides is 1. The van der Waals surface area contributed by atoms with Crippen LogP contribution in [0.15, 0.2) is 87.3 Å². The molecule has 9 nitrogen and oxygen atoms in total. The Morgan fingerprint density at radius 2 is 1.86 bits per heavy atom. The van der Waals surface area contributed by atoms with Crippen LogP contribution in [0.3, 0.4) is 0 Å². The molecule has 1 heterocycles. The first-order valence-corrected chi connectivity index (χ1v) is 12.0. The first-order chi connectivity index (χ1) is 17.7. The number of hydrogen-bond donors (Lipinski definition) is 3. The molecule has 0 spiro atoms. The minimum atomic E-state index is -0.453. The van der Waals surface area contributed by atoms with Crippen molar-refractivity contribution in [1.82, 2.24) is 5.32 Å². The van der Waals surface area contributed by atoms with Crippen molar-refractivity contribution in [3.63, 3.8) is 0 Å². The number of nitrogens with zero attached hydrogens (tertiary/aromatic N) is 5. The number of hydrogen-bond acceptors (Lipinski definition) is 8. The summed E-state index contributed by atoms with van der Waals surface area (Å²) in [6, 6.07) is 16.0. The summed E-state index contributed by atoms with van der Waals surface area (Å²) in [7, 11) is 0. The van der Waals surface area contributed by atoms with Gasteiger partial charge in [-0.25, -0.2) is 5.01 Å². The predicted octanol–water partition coefficient (Wildman–Crippen LogP) is 6.29. The molecule has 9 heteroatoms. The van der Waals surface area contributed by atoms with Crippen molar-refractivity contribution in [2.45, 2.75) is 33.2 Å². The van der Waals surface area contributed by atoms with Crippen LogP contribution in [-0.2, 0) is 11.2 Å². The number of carbonyl (C=O) groups excluding carboxylic acids is 1. The highest BCUT2D eigenvalue weighted by Crippen LogP contribution is 2.41. The molecule has 37 heavy (non-hydrogen) atoms. The summed E-state index contributed by atoms with van der Waals surface area (Å²) in [4.78, 5) is 11.7. The number of phenols is 2. The molecule has 0 fully saturated rings. The number of carbonyl (C=O) groups is 1. The lowest BCUT2D eigenvalue weighted by atomic mass is 10.0. The van der Waals surface area contributed by atoms with Gasteiger partial charge < -0.3 is 15.5 Å². The van der Waals surface area contributed by atoms with Crippen molar-refractivity contribution < 1.29 is 15.0 Å². The number of aryl methyl sites for hydroxylation is 2. The monoisotopic (exact) mass is 498 g/mol. The van der Waals surface area contributed by atoms with E-state index in [1.165, 1.54) is 0 Å². The second-order valence-corrected chi connectivity index (χ2v) is 9.12. The summed E-state index contributed by atoms with van der Waals surface area (Å²) in [6.45, 7) is 9.93. The Labute approximate surface area is 215 Å². The van der Waals surface area contributed by atoms with Crippen LogP contribution in [0.5, 0.6) is 11.5 Å². The van der Waals surface area contributed by atoms with Crippen molar-refractivity contribution in [1.29, 1.82) is 0 Å². The minimum absolute atomic E-state index is 0.0000366. The molecule has 3 N–H and O–H groups in total. The lowest BCUT2D eigenvalue weighted by molar-refractivity contribution is -0.117. The van der Waals surface area contributed by atoms with Crippen LogP contribution in [0.1, 0.15) is 35.2 Å². The van der Waals surface area contributed by atoms with Gasteiger partial charge in [0.05, 0.1) is 12.2 Å². The topological polar surface area (TPSA) is 122 Å². The molecule has 1 amide bonds. The lowest BCUT2D eigenvalue weighted by Crippen LogP contribution is -2.26. The Bertz CT molecular complexity index is 1400. The van der Waals surface area contributed by atoms with E-state index < -0.39 is 6.04 Å². The molecule has 3 aromatic rings. The Morgan fingerprint density at radius 3 is 2.62 bits per heavy atom. The van der Waals surface area contributed by atoms with Gasteiger partial charge >= 0.3 is 0 Å². The molecule has 0 saturated carbocycles. The maximum absolute atomic E-state index is 11.7. The molecule has 0 bridgehead atoms. The van der Waals surface area contributed by atoms with Crippen LogP contribution in [0, 0.1) is 13.8 Å². The number of aromatic hydroxyl groups is 2. The van der Waals surface area contributed by atoms with E-state index in [1.807, 2.05) is 50.2 Å². The number of anilines is 1. The van der Waals surface area contributed by atoms with E-state index in [9.17, 15) is 15.0 Å². The first kappa shape index (κ1) is 25.6. The van der Waals surface area contributed by atoms with E-state index in [4.69, 9.17) is 0 Å². The smallest absolute Gasteiger partial charge is 0.246 e. The molecule has 1 unspecified atom stereocenters. The van der Waals surface area contributed by atoms with Gasteiger partial charge in [-0.3, -0.25) is 4.79 Å². The van der Waals surface area contributed by atoms with Gasteiger partial charge in [0.15, 0.2) is 0 Å². The standard InChI is InChI=1S/C28H30N6O3/c1-17(2)28(37)29-12-11-20-9-10-26(35)25(15-20)34-16-24(32-33-34)21-13-18(3)14-23(27(21)36)31-30-22-8-6-5-7-19(22)4/h5-10,13-15,24,35-36H,1,11-12,16H2,2-4H3,(H,29,37). The van der Waals surface area contributed by atoms with Crippen molar-refractivity contribution in [3.8, 4) is 11.5 Å². The van der Waals surface area contributed by atoms with Gasteiger partial charge in [0.2, 0.25) is 5.91 Å². The van der Waals surface area contributed by atoms with E-state index in [2.05, 4.69) is 32.5 Å². The highest BCUT2D eigenvalue weighted by Gasteiger charge is 2.27. The summed E-state index contributed by atoms with van der Waals surface area (Å²) in [5.74, 6) is -0.124. The Kier molecular flexibility index (Phi) is 7.62. The summed E-state index contributed by atoms with van der Waals surface area (Å²) in [5, 5.41) is 43.1. The van der Waals surface area contributed by atoms with Crippen LogP contribution < -0.4 is 10.3 Å². The third-order valence-electron chi connectivity index (χ3n) is 6.05. The molecule has 1 aliphatic rings. The quantitative estimate of drug-likeness (QED) is 0.249. The van der Waals surface area contributed by atoms with Gasteiger partial charge in [-0.2, -0.15) is 10.2 Å². The second kappa shape index (κ2) is 11.0. The number of azo groups is 1. The molecule has 0 saturated heterocycles. The van der Waals surface area contributed by atoms with Crippen LogP contribution in [-0.4, -0.2) is 29.2 Å². The van der Waals surface area contributed by atoms with Gasteiger partial charge in [0.1, 0.15) is 28.9 Å². The van der Waals surface area contributed by atoms with E-state index in [0.29, 0.717) is 42.0 Å². The van der Waals surface area contributed by atoms with Crippen LogP contribution in [0.2, 0.25) is 0 Å². The van der Waals surface area contributed by atoms with Gasteiger partial charge in [-0.15, -0.1) is 5.11 Å². The van der Waals surface area contributed by atoms with Crippen molar-refractivity contribution in [3.05, 3.63) is 89.0 Å². The fraction of sp³-hybridized carbons (Fsp3) is 0.250. The molecular formula is C28H30N6O3. The highest BCUT2D eigenvalue weighted by atomic mass is 16.3. The zero-order valence-corrected chi connectivity index (χ0v) is 21.1. The highest BCUT2D eigenvalue weighted by molar-refractivity contribution is 5.92.